The van der Waals surface area contributed by atoms with Crippen molar-refractivity contribution in [2.45, 2.75) is 38.6 Å². The van der Waals surface area contributed by atoms with Crippen LogP contribution in [0, 0.1) is 0 Å². The molecule has 1 fully saturated rings. The van der Waals surface area contributed by atoms with Gasteiger partial charge < -0.3 is 14.8 Å². The molecule has 0 aromatic heterocycles. The SMILES string of the molecule is CCCOc1cccc(NC2CCCOCC2)c1. The molecule has 0 saturated carbocycles. The number of rotatable bonds is 5. The Morgan fingerprint density at radius 1 is 1.33 bits per heavy atom. The van der Waals surface area contributed by atoms with Crippen LogP contribution in [0.3, 0.4) is 0 Å². The molecule has 1 saturated heterocycles. The van der Waals surface area contributed by atoms with E-state index in [9.17, 15) is 0 Å². The van der Waals surface area contributed by atoms with Gasteiger partial charge in [-0.1, -0.05) is 13.0 Å². The molecular weight excluding hydrogens is 226 g/mol. The highest BCUT2D eigenvalue weighted by atomic mass is 16.5. The van der Waals surface area contributed by atoms with Crippen LogP contribution in [0.5, 0.6) is 5.75 Å². The van der Waals surface area contributed by atoms with Crippen molar-refractivity contribution in [2.75, 3.05) is 25.1 Å². The molecule has 1 aliphatic rings. The summed E-state index contributed by atoms with van der Waals surface area (Å²) in [7, 11) is 0. The zero-order valence-corrected chi connectivity index (χ0v) is 11.2. The van der Waals surface area contributed by atoms with Gasteiger partial charge >= 0.3 is 0 Å². The first-order chi connectivity index (χ1) is 8.88. The van der Waals surface area contributed by atoms with Crippen LogP contribution >= 0.6 is 0 Å². The van der Waals surface area contributed by atoms with Gasteiger partial charge in [-0.3, -0.25) is 0 Å². The lowest BCUT2D eigenvalue weighted by atomic mass is 10.1. The maximum Gasteiger partial charge on any atom is 0.121 e. The normalized spacial score (nSPS) is 20.2. The quantitative estimate of drug-likeness (QED) is 0.867. The highest BCUT2D eigenvalue weighted by Gasteiger charge is 2.12. The molecule has 1 aromatic carbocycles. The molecule has 1 heterocycles. The van der Waals surface area contributed by atoms with E-state index in [2.05, 4.69) is 24.4 Å². The summed E-state index contributed by atoms with van der Waals surface area (Å²) in [5, 5.41) is 3.58. The van der Waals surface area contributed by atoms with Gasteiger partial charge in [-0.2, -0.15) is 0 Å². The van der Waals surface area contributed by atoms with Crippen LogP contribution in [0.1, 0.15) is 32.6 Å². The smallest absolute Gasteiger partial charge is 0.121 e. The fourth-order valence-electron chi connectivity index (χ4n) is 2.18. The molecule has 2 rings (SSSR count). The van der Waals surface area contributed by atoms with Gasteiger partial charge in [-0.25, -0.2) is 0 Å². The molecule has 100 valence electrons. The zero-order valence-electron chi connectivity index (χ0n) is 11.2. The van der Waals surface area contributed by atoms with Crippen LogP contribution in [0.4, 0.5) is 5.69 Å². The molecule has 1 N–H and O–H groups in total. The van der Waals surface area contributed by atoms with Gasteiger partial charge in [0.2, 0.25) is 0 Å². The van der Waals surface area contributed by atoms with Crippen molar-refractivity contribution in [3.63, 3.8) is 0 Å². The van der Waals surface area contributed by atoms with Gasteiger partial charge in [0.25, 0.3) is 0 Å². The maximum atomic E-state index is 5.64. The van der Waals surface area contributed by atoms with E-state index in [-0.39, 0.29) is 0 Å². The largest absolute Gasteiger partial charge is 0.494 e. The zero-order chi connectivity index (χ0) is 12.6. The summed E-state index contributed by atoms with van der Waals surface area (Å²) < 4.78 is 11.1. The first kappa shape index (κ1) is 13.2. The van der Waals surface area contributed by atoms with E-state index < -0.39 is 0 Å². The summed E-state index contributed by atoms with van der Waals surface area (Å²) in [5.74, 6) is 0.951. The first-order valence-corrected chi connectivity index (χ1v) is 6.95. The molecule has 0 radical (unpaired) electrons. The van der Waals surface area contributed by atoms with E-state index in [0.717, 1.165) is 50.5 Å². The Hall–Kier alpha value is -1.22. The Bertz CT molecular complexity index is 346. The van der Waals surface area contributed by atoms with E-state index >= 15 is 0 Å². The van der Waals surface area contributed by atoms with Crippen LogP contribution in [0.15, 0.2) is 24.3 Å². The Labute approximate surface area is 109 Å². The Kier molecular flexibility index (Phi) is 5.34. The third kappa shape index (κ3) is 4.22. The van der Waals surface area contributed by atoms with Gasteiger partial charge in [0.1, 0.15) is 5.75 Å². The molecule has 0 bridgehead atoms. The van der Waals surface area contributed by atoms with Crippen molar-refractivity contribution < 1.29 is 9.47 Å². The molecule has 0 spiro atoms. The van der Waals surface area contributed by atoms with Crippen LogP contribution < -0.4 is 10.1 Å². The Balaban J connectivity index is 1.91. The molecule has 1 atom stereocenters. The second kappa shape index (κ2) is 7.27. The van der Waals surface area contributed by atoms with E-state index in [1.165, 1.54) is 6.42 Å². The predicted octanol–water partition coefficient (Wildman–Crippen LogP) is 3.46. The topological polar surface area (TPSA) is 30.5 Å². The van der Waals surface area contributed by atoms with Gasteiger partial charge in [-0.05, 0) is 37.8 Å². The molecule has 1 unspecified atom stereocenters. The predicted molar refractivity (Wildman–Crippen MR) is 74.3 cm³/mol. The van der Waals surface area contributed by atoms with Crippen molar-refractivity contribution in [3.05, 3.63) is 24.3 Å². The molecule has 1 aromatic rings. The Morgan fingerprint density at radius 2 is 2.28 bits per heavy atom. The number of hydrogen-bond acceptors (Lipinski definition) is 3. The van der Waals surface area contributed by atoms with Gasteiger partial charge in [0, 0.05) is 31.0 Å². The molecule has 0 amide bonds. The lowest BCUT2D eigenvalue weighted by molar-refractivity contribution is 0.144. The fraction of sp³-hybridized carbons (Fsp3) is 0.600. The van der Waals surface area contributed by atoms with Crippen molar-refractivity contribution in [1.82, 2.24) is 0 Å². The second-order valence-corrected chi connectivity index (χ2v) is 4.76. The third-order valence-corrected chi connectivity index (χ3v) is 3.13. The van der Waals surface area contributed by atoms with Crippen LogP contribution in [-0.4, -0.2) is 25.9 Å². The number of benzene rings is 1. The average Bonchev–Trinajstić information content (AvgIpc) is 2.65. The van der Waals surface area contributed by atoms with Gasteiger partial charge in [-0.15, -0.1) is 0 Å². The van der Waals surface area contributed by atoms with Crippen molar-refractivity contribution in [1.29, 1.82) is 0 Å². The molecule has 3 heteroatoms. The summed E-state index contributed by atoms with van der Waals surface area (Å²) >= 11 is 0. The highest BCUT2D eigenvalue weighted by molar-refractivity contribution is 5.48. The van der Waals surface area contributed by atoms with Crippen LogP contribution in [0.25, 0.3) is 0 Å². The summed E-state index contributed by atoms with van der Waals surface area (Å²) in [4.78, 5) is 0. The molecule has 1 aliphatic heterocycles. The maximum absolute atomic E-state index is 5.64. The Morgan fingerprint density at radius 3 is 3.17 bits per heavy atom. The number of ether oxygens (including phenoxy) is 2. The number of hydrogen-bond donors (Lipinski definition) is 1. The minimum absolute atomic E-state index is 0.522. The second-order valence-electron chi connectivity index (χ2n) is 4.76. The number of nitrogens with one attached hydrogen (secondary N) is 1. The minimum Gasteiger partial charge on any atom is -0.494 e. The number of anilines is 1. The first-order valence-electron chi connectivity index (χ1n) is 6.95. The average molecular weight is 249 g/mol. The van der Waals surface area contributed by atoms with E-state index in [4.69, 9.17) is 9.47 Å². The molecule has 0 aliphatic carbocycles. The summed E-state index contributed by atoms with van der Waals surface area (Å²) in [6.07, 6.45) is 4.45. The summed E-state index contributed by atoms with van der Waals surface area (Å²) in [6, 6.07) is 8.76. The van der Waals surface area contributed by atoms with Crippen molar-refractivity contribution in [3.8, 4) is 5.75 Å². The van der Waals surface area contributed by atoms with E-state index in [1.807, 2.05) is 12.1 Å². The fourth-order valence-corrected chi connectivity index (χ4v) is 2.18. The van der Waals surface area contributed by atoms with Crippen molar-refractivity contribution >= 4 is 5.69 Å². The highest BCUT2D eigenvalue weighted by Crippen LogP contribution is 2.20. The third-order valence-electron chi connectivity index (χ3n) is 3.13. The molecular formula is C15H23NO2. The minimum atomic E-state index is 0.522. The van der Waals surface area contributed by atoms with Crippen LogP contribution in [0.2, 0.25) is 0 Å². The lowest BCUT2D eigenvalue weighted by Gasteiger charge is -2.17. The summed E-state index contributed by atoms with van der Waals surface area (Å²) in [6.45, 7) is 4.66. The van der Waals surface area contributed by atoms with Gasteiger partial charge in [0.05, 0.1) is 6.61 Å². The van der Waals surface area contributed by atoms with Crippen molar-refractivity contribution in [2.24, 2.45) is 0 Å². The molecule has 18 heavy (non-hydrogen) atoms. The standard InChI is InChI=1S/C15H23NO2/c1-2-9-18-15-7-3-5-14(12-15)16-13-6-4-10-17-11-8-13/h3,5,7,12-13,16H,2,4,6,8-11H2,1H3. The molecule has 3 nitrogen and oxygen atoms in total. The van der Waals surface area contributed by atoms with E-state index in [1.54, 1.807) is 0 Å². The van der Waals surface area contributed by atoms with E-state index in [0.29, 0.717) is 6.04 Å². The lowest BCUT2D eigenvalue weighted by Crippen LogP contribution is -2.19. The monoisotopic (exact) mass is 249 g/mol. The summed E-state index contributed by atoms with van der Waals surface area (Å²) in [5.41, 5.74) is 1.15. The van der Waals surface area contributed by atoms with Gasteiger partial charge in [0.15, 0.2) is 0 Å². The van der Waals surface area contributed by atoms with Crippen LogP contribution in [-0.2, 0) is 4.74 Å².